The van der Waals surface area contributed by atoms with Crippen LogP contribution in [0.2, 0.25) is 10.0 Å². The summed E-state index contributed by atoms with van der Waals surface area (Å²) in [5.41, 5.74) is -0.117. The minimum Gasteiger partial charge on any atom is -0.320 e. The molecule has 2 aromatic rings. The average molecular weight is 357 g/mol. The molecule has 22 heavy (non-hydrogen) atoms. The molecule has 0 unspecified atom stereocenters. The number of nitro groups is 1. The number of anilines is 1. The van der Waals surface area contributed by atoms with Crippen LogP contribution in [0, 0.1) is 10.1 Å². The number of nitrogens with zero attached hydrogens (tertiary/aromatic N) is 1. The number of amides is 1. The van der Waals surface area contributed by atoms with Crippen molar-refractivity contribution in [3.63, 3.8) is 0 Å². The van der Waals surface area contributed by atoms with E-state index in [0.29, 0.717) is 5.02 Å². The van der Waals surface area contributed by atoms with Gasteiger partial charge in [0.05, 0.1) is 10.7 Å². The van der Waals surface area contributed by atoms with Crippen LogP contribution in [0.3, 0.4) is 0 Å². The zero-order valence-corrected chi connectivity index (χ0v) is 13.4. The van der Waals surface area contributed by atoms with Gasteiger partial charge in [0.2, 0.25) is 5.91 Å². The number of halogens is 2. The molecule has 0 saturated carbocycles. The van der Waals surface area contributed by atoms with E-state index in [2.05, 4.69) is 5.32 Å². The normalized spacial score (nSPS) is 10.3. The topological polar surface area (TPSA) is 72.2 Å². The van der Waals surface area contributed by atoms with E-state index in [1.54, 1.807) is 24.3 Å². The van der Waals surface area contributed by atoms with Crippen molar-refractivity contribution < 1.29 is 9.72 Å². The van der Waals surface area contributed by atoms with Gasteiger partial charge in [-0.05, 0) is 36.4 Å². The van der Waals surface area contributed by atoms with Gasteiger partial charge in [-0.3, -0.25) is 14.9 Å². The highest BCUT2D eigenvalue weighted by Gasteiger charge is 2.16. The van der Waals surface area contributed by atoms with Crippen LogP contribution in [0.5, 0.6) is 0 Å². The Bertz CT molecular complexity index is 708. The molecule has 0 aliphatic heterocycles. The van der Waals surface area contributed by atoms with Gasteiger partial charge in [-0.25, -0.2) is 0 Å². The number of thioether (sulfide) groups is 1. The Morgan fingerprint density at radius 2 is 1.77 bits per heavy atom. The number of benzene rings is 2. The number of nitro benzene ring substituents is 1. The van der Waals surface area contributed by atoms with Crippen LogP contribution < -0.4 is 5.32 Å². The predicted molar refractivity (Wildman–Crippen MR) is 88.9 cm³/mol. The van der Waals surface area contributed by atoms with E-state index < -0.39 is 4.92 Å². The van der Waals surface area contributed by atoms with Gasteiger partial charge in [-0.1, -0.05) is 23.2 Å². The third kappa shape index (κ3) is 4.62. The molecule has 0 aliphatic carbocycles. The molecule has 2 aromatic carbocycles. The molecule has 114 valence electrons. The molecule has 1 amide bonds. The van der Waals surface area contributed by atoms with Crippen LogP contribution in [-0.2, 0) is 4.79 Å². The number of rotatable bonds is 5. The molecule has 0 atom stereocenters. The average Bonchev–Trinajstić information content (AvgIpc) is 2.48. The Hall–Kier alpha value is -1.76. The molecular formula is C14H10Cl2N2O3S. The van der Waals surface area contributed by atoms with Crippen molar-refractivity contribution in [3.05, 3.63) is 62.6 Å². The summed E-state index contributed by atoms with van der Waals surface area (Å²) in [5, 5.41) is 14.3. The van der Waals surface area contributed by atoms with Gasteiger partial charge in [0.1, 0.15) is 5.69 Å². The summed E-state index contributed by atoms with van der Waals surface area (Å²) in [6.45, 7) is 0. The largest absolute Gasteiger partial charge is 0.320 e. The van der Waals surface area contributed by atoms with E-state index in [-0.39, 0.29) is 28.1 Å². The Morgan fingerprint density at radius 3 is 2.41 bits per heavy atom. The third-order valence-corrected chi connectivity index (χ3v) is 4.11. The summed E-state index contributed by atoms with van der Waals surface area (Å²) in [6, 6.07) is 11.1. The first-order valence-electron chi connectivity index (χ1n) is 6.08. The summed E-state index contributed by atoms with van der Waals surface area (Å²) in [5.74, 6) is -0.216. The lowest BCUT2D eigenvalue weighted by molar-refractivity contribution is -0.383. The highest BCUT2D eigenvalue weighted by atomic mass is 35.5. The lowest BCUT2D eigenvalue weighted by Gasteiger charge is -2.06. The Morgan fingerprint density at radius 1 is 1.14 bits per heavy atom. The first kappa shape index (κ1) is 16.6. The molecule has 0 heterocycles. The second-order valence-electron chi connectivity index (χ2n) is 4.21. The number of carbonyl (C=O) groups is 1. The highest BCUT2D eigenvalue weighted by molar-refractivity contribution is 8.00. The summed E-state index contributed by atoms with van der Waals surface area (Å²) in [4.78, 5) is 23.1. The number of carbonyl (C=O) groups excluding carboxylic acids is 1. The van der Waals surface area contributed by atoms with Crippen LogP contribution in [-0.4, -0.2) is 16.6 Å². The lowest BCUT2D eigenvalue weighted by Crippen LogP contribution is -2.15. The van der Waals surface area contributed by atoms with Crippen molar-refractivity contribution in [1.82, 2.24) is 0 Å². The van der Waals surface area contributed by atoms with Crippen LogP contribution in [0.4, 0.5) is 11.4 Å². The summed E-state index contributed by atoms with van der Waals surface area (Å²) >= 11 is 12.8. The van der Waals surface area contributed by atoms with E-state index in [1.165, 1.54) is 30.0 Å². The smallest absolute Gasteiger partial charge is 0.294 e. The second kappa shape index (κ2) is 7.49. The van der Waals surface area contributed by atoms with Gasteiger partial charge in [0.25, 0.3) is 5.69 Å². The summed E-state index contributed by atoms with van der Waals surface area (Å²) < 4.78 is 0. The van der Waals surface area contributed by atoms with E-state index in [4.69, 9.17) is 23.2 Å². The van der Waals surface area contributed by atoms with Gasteiger partial charge in [-0.2, -0.15) is 0 Å². The van der Waals surface area contributed by atoms with Crippen molar-refractivity contribution in [1.29, 1.82) is 0 Å². The predicted octanol–water partition coefficient (Wildman–Crippen LogP) is 4.63. The number of hydrogen-bond acceptors (Lipinski definition) is 4. The number of nitrogens with one attached hydrogen (secondary N) is 1. The molecule has 0 radical (unpaired) electrons. The van der Waals surface area contributed by atoms with Gasteiger partial charge in [0, 0.05) is 21.0 Å². The van der Waals surface area contributed by atoms with Crippen LogP contribution in [0.15, 0.2) is 47.4 Å². The Labute approximate surface area is 140 Å². The zero-order valence-electron chi connectivity index (χ0n) is 11.1. The fourth-order valence-corrected chi connectivity index (χ4v) is 2.62. The maximum atomic E-state index is 11.9. The van der Waals surface area contributed by atoms with E-state index in [1.807, 2.05) is 0 Å². The van der Waals surface area contributed by atoms with E-state index >= 15 is 0 Å². The standard InChI is InChI=1S/C14H10Cl2N2O3S/c15-9-1-4-11(5-2-9)22-8-14(19)17-12-6-3-10(16)7-13(12)18(20)21/h1-7H,8H2,(H,17,19). The van der Waals surface area contributed by atoms with Gasteiger partial charge in [0.15, 0.2) is 0 Å². The fraction of sp³-hybridized carbons (Fsp3) is 0.0714. The van der Waals surface area contributed by atoms with E-state index in [9.17, 15) is 14.9 Å². The number of hydrogen-bond donors (Lipinski definition) is 1. The first-order valence-corrected chi connectivity index (χ1v) is 7.82. The minimum absolute atomic E-state index is 0.121. The van der Waals surface area contributed by atoms with Crippen molar-refractivity contribution in [2.24, 2.45) is 0 Å². The first-order chi connectivity index (χ1) is 10.5. The van der Waals surface area contributed by atoms with Crippen molar-refractivity contribution in [2.75, 3.05) is 11.1 Å². The van der Waals surface area contributed by atoms with E-state index in [0.717, 1.165) is 4.90 Å². The molecule has 1 N–H and O–H groups in total. The quantitative estimate of drug-likeness (QED) is 0.481. The highest BCUT2D eigenvalue weighted by Crippen LogP contribution is 2.28. The fourth-order valence-electron chi connectivity index (χ4n) is 1.63. The molecule has 0 bridgehead atoms. The van der Waals surface area contributed by atoms with Crippen molar-refractivity contribution in [2.45, 2.75) is 4.90 Å². The summed E-state index contributed by atoms with van der Waals surface area (Å²) in [6.07, 6.45) is 0. The molecule has 0 saturated heterocycles. The SMILES string of the molecule is O=C(CSc1ccc(Cl)cc1)Nc1ccc(Cl)cc1[N+](=O)[O-]. The van der Waals surface area contributed by atoms with Crippen LogP contribution in [0.1, 0.15) is 0 Å². The second-order valence-corrected chi connectivity index (χ2v) is 6.13. The summed E-state index contributed by atoms with van der Waals surface area (Å²) in [7, 11) is 0. The monoisotopic (exact) mass is 356 g/mol. The molecule has 5 nitrogen and oxygen atoms in total. The third-order valence-electron chi connectivity index (χ3n) is 2.61. The molecule has 0 fully saturated rings. The molecule has 0 aromatic heterocycles. The molecule has 2 rings (SSSR count). The maximum Gasteiger partial charge on any atom is 0.294 e. The molecule has 0 spiro atoms. The molecule has 8 heteroatoms. The van der Waals surface area contributed by atoms with Crippen LogP contribution in [0.25, 0.3) is 0 Å². The maximum absolute atomic E-state index is 11.9. The van der Waals surface area contributed by atoms with Gasteiger partial charge >= 0.3 is 0 Å². The van der Waals surface area contributed by atoms with Crippen LogP contribution >= 0.6 is 35.0 Å². The Balaban J connectivity index is 2.00. The van der Waals surface area contributed by atoms with Gasteiger partial charge in [-0.15, -0.1) is 11.8 Å². The molecule has 0 aliphatic rings. The molecular weight excluding hydrogens is 347 g/mol. The van der Waals surface area contributed by atoms with Crippen molar-refractivity contribution >= 4 is 52.2 Å². The zero-order chi connectivity index (χ0) is 16.1. The minimum atomic E-state index is -0.589. The Kier molecular flexibility index (Phi) is 5.65. The lowest BCUT2D eigenvalue weighted by atomic mass is 10.2. The van der Waals surface area contributed by atoms with Gasteiger partial charge < -0.3 is 5.32 Å². The van der Waals surface area contributed by atoms with Crippen molar-refractivity contribution in [3.8, 4) is 0 Å².